The summed E-state index contributed by atoms with van der Waals surface area (Å²) in [5.41, 5.74) is 5.49. The third kappa shape index (κ3) is 3.30. The van der Waals surface area contributed by atoms with E-state index in [1.165, 1.54) is 0 Å². The summed E-state index contributed by atoms with van der Waals surface area (Å²) < 4.78 is 13.0. The van der Waals surface area contributed by atoms with Crippen LogP contribution in [0.1, 0.15) is 28.1 Å². The molecule has 0 spiro atoms. The van der Waals surface area contributed by atoms with Crippen LogP contribution >= 0.6 is 0 Å². The lowest BCUT2D eigenvalue weighted by Gasteiger charge is -2.10. The number of benzene rings is 2. The summed E-state index contributed by atoms with van der Waals surface area (Å²) >= 11 is 0. The lowest BCUT2D eigenvalue weighted by atomic mass is 10.1. The van der Waals surface area contributed by atoms with Crippen LogP contribution in [0.3, 0.4) is 0 Å². The monoisotopic (exact) mass is 373 g/mol. The van der Waals surface area contributed by atoms with Gasteiger partial charge in [0.2, 0.25) is 6.79 Å². The molecule has 0 aliphatic carbocycles. The number of fused-ring (bicyclic) bond motifs is 1. The van der Waals surface area contributed by atoms with Crippen LogP contribution in [-0.2, 0) is 11.4 Å². The van der Waals surface area contributed by atoms with Gasteiger partial charge >= 0.3 is 0 Å². The van der Waals surface area contributed by atoms with Crippen LogP contribution in [0.25, 0.3) is 5.69 Å². The molecule has 1 aliphatic heterocycles. The number of aromatic nitrogens is 1. The summed E-state index contributed by atoms with van der Waals surface area (Å²) in [7, 11) is 0. The van der Waals surface area contributed by atoms with E-state index in [2.05, 4.69) is 21.9 Å². The van der Waals surface area contributed by atoms with Gasteiger partial charge in [-0.2, -0.15) is 5.26 Å². The van der Waals surface area contributed by atoms with Gasteiger partial charge in [-0.05, 0) is 38.1 Å². The first kappa shape index (κ1) is 17.7. The molecule has 0 radical (unpaired) electrons. The van der Waals surface area contributed by atoms with Crippen LogP contribution < -0.4 is 9.47 Å². The molecule has 0 saturated carbocycles. The molecule has 4 rings (SSSR count). The Labute approximate surface area is 163 Å². The van der Waals surface area contributed by atoms with E-state index in [0.29, 0.717) is 5.56 Å². The minimum Gasteiger partial charge on any atom is -0.454 e. The van der Waals surface area contributed by atoms with E-state index < -0.39 is 0 Å². The molecule has 0 bridgehead atoms. The van der Waals surface area contributed by atoms with Crippen molar-refractivity contribution in [3.05, 3.63) is 76.6 Å². The lowest BCUT2D eigenvalue weighted by molar-refractivity contribution is 0.132. The van der Waals surface area contributed by atoms with Gasteiger partial charge < -0.3 is 18.9 Å². The Morgan fingerprint density at radius 3 is 2.82 bits per heavy atom. The molecule has 0 amide bonds. The molecular formula is C22H19N3O3. The molecule has 6 nitrogen and oxygen atoms in total. The first-order valence-corrected chi connectivity index (χ1v) is 8.89. The number of rotatable bonds is 5. The molecule has 2 heterocycles. The van der Waals surface area contributed by atoms with Gasteiger partial charge in [-0.1, -0.05) is 23.4 Å². The first-order valence-electron chi connectivity index (χ1n) is 8.89. The molecule has 0 unspecified atom stereocenters. The second kappa shape index (κ2) is 7.49. The Morgan fingerprint density at radius 1 is 1.14 bits per heavy atom. The normalized spacial score (nSPS) is 12.3. The molecule has 2 aromatic carbocycles. The van der Waals surface area contributed by atoms with Crippen molar-refractivity contribution in [3.8, 4) is 23.3 Å². The molecule has 0 atom stereocenters. The van der Waals surface area contributed by atoms with Crippen LogP contribution in [0.4, 0.5) is 0 Å². The van der Waals surface area contributed by atoms with Crippen molar-refractivity contribution in [3.63, 3.8) is 0 Å². The topological polar surface area (TPSA) is 68.8 Å². The summed E-state index contributed by atoms with van der Waals surface area (Å²) in [6.07, 6.45) is 1.70. The summed E-state index contributed by atoms with van der Waals surface area (Å²) in [6.45, 7) is 4.58. The summed E-state index contributed by atoms with van der Waals surface area (Å²) in [4.78, 5) is 5.41. The number of aryl methyl sites for hydroxylation is 1. The maximum atomic E-state index is 9.13. The fourth-order valence-corrected chi connectivity index (χ4v) is 3.30. The van der Waals surface area contributed by atoms with E-state index in [-0.39, 0.29) is 13.4 Å². The van der Waals surface area contributed by atoms with Gasteiger partial charge in [0, 0.05) is 34.3 Å². The Bertz CT molecular complexity index is 1090. The molecule has 6 heteroatoms. The van der Waals surface area contributed by atoms with Gasteiger partial charge in [-0.25, -0.2) is 0 Å². The Balaban J connectivity index is 1.51. The van der Waals surface area contributed by atoms with Crippen LogP contribution in [0.5, 0.6) is 11.5 Å². The highest BCUT2D eigenvalue weighted by atomic mass is 16.7. The van der Waals surface area contributed by atoms with E-state index in [1.54, 1.807) is 12.3 Å². The largest absolute Gasteiger partial charge is 0.454 e. The number of nitriles is 1. The van der Waals surface area contributed by atoms with Crippen LogP contribution in [0.15, 0.2) is 53.7 Å². The maximum absolute atomic E-state index is 9.13. The molecule has 0 N–H and O–H groups in total. The van der Waals surface area contributed by atoms with E-state index >= 15 is 0 Å². The standard InChI is InChI=1S/C22H19N3O3/c1-15-9-19(12-24-28-13-18-6-4-3-5-17(18)11-23)16(2)25(15)20-7-8-21-22(10-20)27-14-26-21/h3-10,12H,13-14H2,1-2H3/b24-12-. The Morgan fingerprint density at radius 2 is 1.96 bits per heavy atom. The molecule has 3 aromatic rings. The zero-order valence-electron chi connectivity index (χ0n) is 15.7. The highest BCUT2D eigenvalue weighted by Crippen LogP contribution is 2.34. The molecule has 1 aliphatic rings. The highest BCUT2D eigenvalue weighted by molar-refractivity contribution is 5.81. The minimum absolute atomic E-state index is 0.251. The van der Waals surface area contributed by atoms with Crippen LogP contribution in [0, 0.1) is 25.2 Å². The molecule has 0 saturated heterocycles. The van der Waals surface area contributed by atoms with Gasteiger partial charge in [0.05, 0.1) is 17.8 Å². The SMILES string of the molecule is Cc1cc(/C=N\OCc2ccccc2C#N)c(C)n1-c1ccc2c(c1)OCO2. The van der Waals surface area contributed by atoms with Crippen molar-refractivity contribution < 1.29 is 14.3 Å². The zero-order chi connectivity index (χ0) is 19.5. The predicted molar refractivity (Wildman–Crippen MR) is 105 cm³/mol. The quantitative estimate of drug-likeness (QED) is 0.495. The molecule has 0 fully saturated rings. The predicted octanol–water partition coefficient (Wildman–Crippen LogP) is 4.25. The maximum Gasteiger partial charge on any atom is 0.231 e. The average Bonchev–Trinajstić information content (AvgIpc) is 3.29. The van der Waals surface area contributed by atoms with Crippen molar-refractivity contribution in [2.75, 3.05) is 6.79 Å². The fraction of sp³-hybridized carbons (Fsp3) is 0.182. The van der Waals surface area contributed by atoms with Gasteiger partial charge in [0.25, 0.3) is 0 Å². The molecule has 28 heavy (non-hydrogen) atoms. The average molecular weight is 373 g/mol. The molecule has 1 aromatic heterocycles. The number of ether oxygens (including phenoxy) is 2. The first-order chi connectivity index (χ1) is 13.7. The van der Waals surface area contributed by atoms with Crippen molar-refractivity contribution in [2.24, 2.45) is 5.16 Å². The van der Waals surface area contributed by atoms with Gasteiger partial charge in [-0.3, -0.25) is 0 Å². The zero-order valence-corrected chi connectivity index (χ0v) is 15.7. The second-order valence-electron chi connectivity index (χ2n) is 6.48. The highest BCUT2D eigenvalue weighted by Gasteiger charge is 2.16. The van der Waals surface area contributed by atoms with Crippen molar-refractivity contribution >= 4 is 6.21 Å². The summed E-state index contributed by atoms with van der Waals surface area (Å²) in [5, 5.41) is 13.2. The fourth-order valence-electron chi connectivity index (χ4n) is 3.30. The van der Waals surface area contributed by atoms with Crippen molar-refractivity contribution in [2.45, 2.75) is 20.5 Å². The number of hydrogen-bond acceptors (Lipinski definition) is 5. The summed E-state index contributed by atoms with van der Waals surface area (Å²) in [6, 6.07) is 17.4. The van der Waals surface area contributed by atoms with Gasteiger partial charge in [0.1, 0.15) is 6.61 Å². The van der Waals surface area contributed by atoms with Crippen molar-refractivity contribution in [1.29, 1.82) is 5.26 Å². The smallest absolute Gasteiger partial charge is 0.231 e. The third-order valence-electron chi connectivity index (χ3n) is 4.71. The van der Waals surface area contributed by atoms with Gasteiger partial charge in [-0.15, -0.1) is 0 Å². The minimum atomic E-state index is 0.251. The number of nitrogens with zero attached hydrogens (tertiary/aromatic N) is 3. The number of hydrogen-bond donors (Lipinski definition) is 0. The third-order valence-corrected chi connectivity index (χ3v) is 4.71. The van der Waals surface area contributed by atoms with Gasteiger partial charge in [0.15, 0.2) is 11.5 Å². The molecular weight excluding hydrogens is 354 g/mol. The van der Waals surface area contributed by atoms with E-state index in [9.17, 15) is 0 Å². The van der Waals surface area contributed by atoms with Crippen LogP contribution in [-0.4, -0.2) is 17.6 Å². The Kier molecular flexibility index (Phi) is 4.73. The second-order valence-corrected chi connectivity index (χ2v) is 6.48. The van der Waals surface area contributed by atoms with E-state index in [0.717, 1.165) is 39.7 Å². The lowest BCUT2D eigenvalue weighted by Crippen LogP contribution is -1.99. The van der Waals surface area contributed by atoms with E-state index in [4.69, 9.17) is 19.6 Å². The molecule has 140 valence electrons. The summed E-state index contributed by atoms with van der Waals surface area (Å²) in [5.74, 6) is 1.51. The van der Waals surface area contributed by atoms with E-state index in [1.807, 2.05) is 50.2 Å². The van der Waals surface area contributed by atoms with Crippen LogP contribution in [0.2, 0.25) is 0 Å². The Hall–Kier alpha value is -3.72. The number of oxime groups is 1. The van der Waals surface area contributed by atoms with Crippen molar-refractivity contribution in [1.82, 2.24) is 4.57 Å².